The number of para-hydroxylation sites is 1. The number of sulfonamides is 1. The van der Waals surface area contributed by atoms with E-state index in [9.17, 15) is 13.2 Å². The molecule has 27 heavy (non-hydrogen) atoms. The van der Waals surface area contributed by atoms with Crippen LogP contribution in [-0.2, 0) is 21.9 Å². The number of aromatic nitrogens is 2. The summed E-state index contributed by atoms with van der Waals surface area (Å²) in [5.74, 6) is 0.403. The topological polar surface area (TPSA) is 106 Å². The van der Waals surface area contributed by atoms with Crippen molar-refractivity contribution in [2.45, 2.75) is 10.9 Å². The molecule has 1 atom stereocenters. The maximum atomic E-state index is 12.8. The van der Waals surface area contributed by atoms with Crippen molar-refractivity contribution in [3.8, 4) is 5.75 Å². The fraction of sp³-hybridized carbons (Fsp3) is 0.412. The lowest BCUT2D eigenvalue weighted by Crippen LogP contribution is -2.51. The van der Waals surface area contributed by atoms with Crippen LogP contribution in [0.5, 0.6) is 5.75 Å². The molecule has 2 heterocycles. The SMILES string of the molecule is COc1ccccc1C1CNCCN1C(=O)CNS(=O)(=O)c1cnn(C)c1. The molecule has 1 aromatic heterocycles. The third-order valence-electron chi connectivity index (χ3n) is 4.47. The maximum Gasteiger partial charge on any atom is 0.244 e. The number of methoxy groups -OCH3 is 1. The first kappa shape index (κ1) is 19.3. The molecule has 0 radical (unpaired) electrons. The van der Waals surface area contributed by atoms with E-state index < -0.39 is 10.0 Å². The Bertz CT molecular complexity index is 912. The maximum absolute atomic E-state index is 12.8. The summed E-state index contributed by atoms with van der Waals surface area (Å²) in [4.78, 5) is 14.5. The molecule has 0 saturated carbocycles. The van der Waals surface area contributed by atoms with Gasteiger partial charge in [-0.1, -0.05) is 18.2 Å². The van der Waals surface area contributed by atoms with Crippen LogP contribution in [-0.4, -0.2) is 62.3 Å². The minimum atomic E-state index is -3.79. The third-order valence-corrected chi connectivity index (χ3v) is 5.82. The number of carbonyl (C=O) groups excluding carboxylic acids is 1. The molecule has 1 aromatic carbocycles. The lowest BCUT2D eigenvalue weighted by molar-refractivity contribution is -0.133. The lowest BCUT2D eigenvalue weighted by Gasteiger charge is -2.37. The van der Waals surface area contributed by atoms with Crippen LogP contribution < -0.4 is 14.8 Å². The molecule has 0 aliphatic carbocycles. The quantitative estimate of drug-likeness (QED) is 0.709. The number of benzene rings is 1. The van der Waals surface area contributed by atoms with Crippen molar-refractivity contribution in [2.24, 2.45) is 7.05 Å². The summed E-state index contributed by atoms with van der Waals surface area (Å²) in [5.41, 5.74) is 0.885. The molecule has 1 amide bonds. The van der Waals surface area contributed by atoms with Crippen LogP contribution in [0.3, 0.4) is 0 Å². The first-order valence-corrected chi connectivity index (χ1v) is 10.0. The fourth-order valence-corrected chi connectivity index (χ4v) is 4.06. The van der Waals surface area contributed by atoms with Gasteiger partial charge in [-0.05, 0) is 6.07 Å². The highest BCUT2D eigenvalue weighted by atomic mass is 32.2. The Hall–Kier alpha value is -2.43. The minimum Gasteiger partial charge on any atom is -0.496 e. The number of rotatable bonds is 6. The van der Waals surface area contributed by atoms with Gasteiger partial charge in [-0.2, -0.15) is 5.10 Å². The molecule has 0 bridgehead atoms. The highest BCUT2D eigenvalue weighted by molar-refractivity contribution is 7.89. The van der Waals surface area contributed by atoms with E-state index in [-0.39, 0.29) is 23.4 Å². The van der Waals surface area contributed by atoms with Gasteiger partial charge in [-0.3, -0.25) is 9.48 Å². The van der Waals surface area contributed by atoms with E-state index in [1.807, 2.05) is 24.3 Å². The predicted octanol–water partition coefficient (Wildman–Crippen LogP) is -0.120. The van der Waals surface area contributed by atoms with Crippen LogP contribution in [0.25, 0.3) is 0 Å². The second kappa shape index (κ2) is 8.07. The lowest BCUT2D eigenvalue weighted by atomic mass is 10.0. The summed E-state index contributed by atoms with van der Waals surface area (Å²) in [7, 11) is -0.575. The predicted molar refractivity (Wildman–Crippen MR) is 98.7 cm³/mol. The van der Waals surface area contributed by atoms with E-state index in [2.05, 4.69) is 15.1 Å². The molecule has 1 aliphatic rings. The monoisotopic (exact) mass is 393 g/mol. The van der Waals surface area contributed by atoms with E-state index in [1.165, 1.54) is 17.1 Å². The molecule has 2 N–H and O–H groups in total. The van der Waals surface area contributed by atoms with E-state index in [0.29, 0.717) is 25.4 Å². The fourth-order valence-electron chi connectivity index (χ4n) is 3.10. The van der Waals surface area contributed by atoms with Gasteiger partial charge in [0.2, 0.25) is 15.9 Å². The standard InChI is InChI=1S/C17H23N5O4S/c1-21-12-13(9-19-21)27(24,25)20-11-17(23)22-8-7-18-10-15(22)14-5-3-4-6-16(14)26-2/h3-6,9,12,15,18,20H,7-8,10-11H2,1-2H3. The number of ether oxygens (including phenoxy) is 1. The van der Waals surface area contributed by atoms with Gasteiger partial charge in [-0.15, -0.1) is 0 Å². The van der Waals surface area contributed by atoms with E-state index in [0.717, 1.165) is 5.56 Å². The van der Waals surface area contributed by atoms with Crippen molar-refractivity contribution >= 4 is 15.9 Å². The molecule has 2 aromatic rings. The van der Waals surface area contributed by atoms with Gasteiger partial charge < -0.3 is 15.0 Å². The van der Waals surface area contributed by atoms with Crippen LogP contribution in [0.2, 0.25) is 0 Å². The van der Waals surface area contributed by atoms with Gasteiger partial charge in [0.15, 0.2) is 0 Å². The number of nitrogens with one attached hydrogen (secondary N) is 2. The molecule has 1 fully saturated rings. The van der Waals surface area contributed by atoms with E-state index in [4.69, 9.17) is 4.74 Å². The Labute approximate surface area is 158 Å². The molecule has 1 saturated heterocycles. The molecule has 1 unspecified atom stereocenters. The van der Waals surface area contributed by atoms with Crippen molar-refractivity contribution in [1.82, 2.24) is 24.7 Å². The molecular weight excluding hydrogens is 370 g/mol. The first-order valence-electron chi connectivity index (χ1n) is 8.54. The second-order valence-electron chi connectivity index (χ2n) is 6.22. The number of nitrogens with zero attached hydrogens (tertiary/aromatic N) is 3. The summed E-state index contributed by atoms with van der Waals surface area (Å²) >= 11 is 0. The zero-order valence-corrected chi connectivity index (χ0v) is 16.1. The van der Waals surface area contributed by atoms with Crippen LogP contribution in [0, 0.1) is 0 Å². The number of amides is 1. The highest BCUT2D eigenvalue weighted by Gasteiger charge is 2.30. The van der Waals surface area contributed by atoms with Crippen molar-refractivity contribution in [3.05, 3.63) is 42.2 Å². The summed E-state index contributed by atoms with van der Waals surface area (Å²) in [6, 6.07) is 7.28. The zero-order valence-electron chi connectivity index (χ0n) is 15.3. The Morgan fingerprint density at radius 1 is 1.41 bits per heavy atom. The number of hydrogen-bond donors (Lipinski definition) is 2. The van der Waals surface area contributed by atoms with Gasteiger partial charge in [0.25, 0.3) is 0 Å². The van der Waals surface area contributed by atoms with Crippen LogP contribution in [0.1, 0.15) is 11.6 Å². The Morgan fingerprint density at radius 3 is 2.89 bits per heavy atom. The molecular formula is C17H23N5O4S. The molecule has 10 heteroatoms. The minimum absolute atomic E-state index is 0.0272. The van der Waals surface area contributed by atoms with Crippen LogP contribution in [0.15, 0.2) is 41.6 Å². The number of hydrogen-bond acceptors (Lipinski definition) is 6. The Balaban J connectivity index is 1.74. The van der Waals surface area contributed by atoms with Gasteiger partial charge in [-0.25, -0.2) is 13.1 Å². The summed E-state index contributed by atoms with van der Waals surface area (Å²) in [6.45, 7) is 1.38. The van der Waals surface area contributed by atoms with Gasteiger partial charge in [0, 0.05) is 38.4 Å². The average Bonchev–Trinajstić information content (AvgIpc) is 3.13. The number of aryl methyl sites for hydroxylation is 1. The van der Waals surface area contributed by atoms with Crippen LogP contribution >= 0.6 is 0 Å². The number of carbonyl (C=O) groups is 1. The summed E-state index contributed by atoms with van der Waals surface area (Å²) in [5, 5.41) is 7.12. The van der Waals surface area contributed by atoms with Crippen molar-refractivity contribution in [3.63, 3.8) is 0 Å². The molecule has 3 rings (SSSR count). The van der Waals surface area contributed by atoms with Crippen molar-refractivity contribution in [1.29, 1.82) is 0 Å². The molecule has 146 valence electrons. The normalized spacial score (nSPS) is 17.7. The molecule has 0 spiro atoms. The van der Waals surface area contributed by atoms with Gasteiger partial charge in [0.05, 0.1) is 25.9 Å². The smallest absolute Gasteiger partial charge is 0.244 e. The van der Waals surface area contributed by atoms with E-state index >= 15 is 0 Å². The summed E-state index contributed by atoms with van der Waals surface area (Å²) in [6.07, 6.45) is 2.63. The number of piperazine rings is 1. The average molecular weight is 393 g/mol. The first-order chi connectivity index (χ1) is 12.9. The third kappa shape index (κ3) is 4.29. The Kier molecular flexibility index (Phi) is 5.78. The molecule has 9 nitrogen and oxygen atoms in total. The summed E-state index contributed by atoms with van der Waals surface area (Å²) < 4.78 is 33.8. The van der Waals surface area contributed by atoms with Crippen LogP contribution in [0.4, 0.5) is 0 Å². The highest BCUT2D eigenvalue weighted by Crippen LogP contribution is 2.30. The second-order valence-corrected chi connectivity index (χ2v) is 7.99. The van der Waals surface area contributed by atoms with E-state index in [1.54, 1.807) is 19.1 Å². The van der Waals surface area contributed by atoms with Crippen molar-refractivity contribution in [2.75, 3.05) is 33.3 Å². The van der Waals surface area contributed by atoms with Crippen molar-refractivity contribution < 1.29 is 17.9 Å². The van der Waals surface area contributed by atoms with Gasteiger partial charge >= 0.3 is 0 Å². The van der Waals surface area contributed by atoms with Gasteiger partial charge in [0.1, 0.15) is 10.6 Å². The Morgan fingerprint density at radius 2 is 2.19 bits per heavy atom. The zero-order chi connectivity index (χ0) is 19.4. The molecule has 1 aliphatic heterocycles. The largest absolute Gasteiger partial charge is 0.496 e.